The molecule has 2 aromatic heterocycles. The second kappa shape index (κ2) is 8.16. The molecule has 2 heterocycles. The molecule has 0 saturated heterocycles. The molecule has 1 amide bonds. The Kier molecular flexibility index (Phi) is 5.66. The summed E-state index contributed by atoms with van der Waals surface area (Å²) in [6.45, 7) is 0. The van der Waals surface area contributed by atoms with Crippen LogP contribution < -0.4 is 4.72 Å². The molecule has 0 spiro atoms. The molecular formula is C21H13Cl2F2N3O3S. The number of benzene rings is 2. The lowest BCUT2D eigenvalue weighted by molar-refractivity contribution is 0.0978. The zero-order chi connectivity index (χ0) is 23.2. The summed E-state index contributed by atoms with van der Waals surface area (Å²) in [6, 6.07) is 10.2. The number of halogens is 4. The van der Waals surface area contributed by atoms with Crippen LogP contribution in [0, 0.1) is 11.6 Å². The number of nitrogens with zero attached hydrogens (tertiary/aromatic N) is 2. The Bertz CT molecular complexity index is 1500. The number of carbonyl (C=O) groups is 1. The standard InChI is InChI=1S/C21H13Cl2F2N3O3S/c1-32(30,31)27-21(29)15-7-17(23)19(8-18(15)25)28-10-16(11-3-2-4-12(22)5-11)14-6-13(24)9-26-20(14)28/h2-10H,1H3,(H,27,29). The second-order valence-electron chi connectivity index (χ2n) is 6.93. The molecule has 11 heteroatoms. The molecule has 4 rings (SSSR count). The molecule has 0 unspecified atom stereocenters. The first-order valence-electron chi connectivity index (χ1n) is 8.97. The largest absolute Gasteiger partial charge is 0.299 e. The number of rotatable bonds is 4. The Morgan fingerprint density at radius 2 is 1.88 bits per heavy atom. The number of nitrogens with one attached hydrogen (secondary N) is 1. The Hall–Kier alpha value is -3.01. The van der Waals surface area contributed by atoms with Gasteiger partial charge in [0.25, 0.3) is 5.91 Å². The molecule has 0 aliphatic rings. The Balaban J connectivity index is 1.91. The van der Waals surface area contributed by atoms with Crippen molar-refractivity contribution in [3.63, 3.8) is 0 Å². The van der Waals surface area contributed by atoms with E-state index in [2.05, 4.69) is 4.98 Å². The van der Waals surface area contributed by atoms with Crippen LogP contribution in [0.15, 0.2) is 54.9 Å². The van der Waals surface area contributed by atoms with Gasteiger partial charge in [-0.3, -0.25) is 9.36 Å². The van der Waals surface area contributed by atoms with E-state index in [1.54, 1.807) is 35.2 Å². The van der Waals surface area contributed by atoms with Crippen molar-refractivity contribution in [2.45, 2.75) is 0 Å². The topological polar surface area (TPSA) is 81.1 Å². The summed E-state index contributed by atoms with van der Waals surface area (Å²) >= 11 is 12.4. The summed E-state index contributed by atoms with van der Waals surface area (Å²) in [5, 5.41) is 0.853. The van der Waals surface area contributed by atoms with E-state index in [0.29, 0.717) is 21.5 Å². The van der Waals surface area contributed by atoms with E-state index in [9.17, 15) is 22.0 Å². The zero-order valence-corrected chi connectivity index (χ0v) is 18.6. The third kappa shape index (κ3) is 4.32. The number of fused-ring (bicyclic) bond motifs is 1. The van der Waals surface area contributed by atoms with Gasteiger partial charge in [0.1, 0.15) is 17.3 Å². The minimum Gasteiger partial charge on any atom is -0.299 e. The monoisotopic (exact) mass is 495 g/mol. The molecule has 32 heavy (non-hydrogen) atoms. The van der Waals surface area contributed by atoms with E-state index in [4.69, 9.17) is 23.2 Å². The first-order chi connectivity index (χ1) is 15.0. The van der Waals surface area contributed by atoms with E-state index in [1.165, 1.54) is 10.6 Å². The van der Waals surface area contributed by atoms with Gasteiger partial charge in [-0.2, -0.15) is 0 Å². The highest BCUT2D eigenvalue weighted by Crippen LogP contribution is 2.35. The molecule has 6 nitrogen and oxygen atoms in total. The van der Waals surface area contributed by atoms with Gasteiger partial charge in [0.05, 0.1) is 28.7 Å². The molecular weight excluding hydrogens is 483 g/mol. The molecule has 0 bridgehead atoms. The number of amides is 1. The van der Waals surface area contributed by atoms with Crippen molar-refractivity contribution >= 4 is 50.2 Å². The van der Waals surface area contributed by atoms with E-state index in [0.717, 1.165) is 24.6 Å². The van der Waals surface area contributed by atoms with Crippen LogP contribution in [0.2, 0.25) is 10.0 Å². The van der Waals surface area contributed by atoms with Crippen LogP contribution in [0.5, 0.6) is 0 Å². The Morgan fingerprint density at radius 1 is 1.12 bits per heavy atom. The van der Waals surface area contributed by atoms with E-state index in [-0.39, 0.29) is 16.4 Å². The number of aromatic nitrogens is 2. The van der Waals surface area contributed by atoms with Crippen molar-refractivity contribution in [1.82, 2.24) is 14.3 Å². The highest BCUT2D eigenvalue weighted by atomic mass is 35.5. The fourth-order valence-corrected chi connectivity index (χ4v) is 4.16. The first-order valence-corrected chi connectivity index (χ1v) is 11.6. The van der Waals surface area contributed by atoms with Gasteiger partial charge < -0.3 is 0 Å². The van der Waals surface area contributed by atoms with Gasteiger partial charge in [0.15, 0.2) is 0 Å². The highest BCUT2D eigenvalue weighted by molar-refractivity contribution is 7.89. The average Bonchev–Trinajstić information content (AvgIpc) is 3.06. The average molecular weight is 496 g/mol. The summed E-state index contributed by atoms with van der Waals surface area (Å²) in [4.78, 5) is 16.2. The maximum absolute atomic E-state index is 14.8. The third-order valence-corrected chi connectivity index (χ3v) is 5.66. The van der Waals surface area contributed by atoms with Crippen molar-refractivity contribution in [2.75, 3.05) is 6.26 Å². The first kappa shape index (κ1) is 22.2. The van der Waals surface area contributed by atoms with Crippen molar-refractivity contribution < 1.29 is 22.0 Å². The quantitative estimate of drug-likeness (QED) is 0.433. The number of carbonyl (C=O) groups excluding carboxylic acids is 1. The molecule has 1 N–H and O–H groups in total. The summed E-state index contributed by atoms with van der Waals surface area (Å²) in [7, 11) is -3.90. The fourth-order valence-electron chi connectivity index (χ4n) is 3.27. The van der Waals surface area contributed by atoms with Crippen molar-refractivity contribution in [3.8, 4) is 16.8 Å². The number of hydrogen-bond acceptors (Lipinski definition) is 4. The third-order valence-electron chi connectivity index (χ3n) is 4.56. The number of pyridine rings is 1. The smallest absolute Gasteiger partial charge is 0.267 e. The van der Waals surface area contributed by atoms with Crippen LogP contribution >= 0.6 is 23.2 Å². The van der Waals surface area contributed by atoms with Gasteiger partial charge in [-0.1, -0.05) is 35.3 Å². The molecule has 2 aromatic carbocycles. The molecule has 0 saturated carbocycles. The van der Waals surface area contributed by atoms with Gasteiger partial charge in [-0.05, 0) is 29.8 Å². The minimum atomic E-state index is -3.90. The fraction of sp³-hybridized carbons (Fsp3) is 0.0476. The predicted octanol–water partition coefficient (Wildman–Crippen LogP) is 4.97. The molecule has 164 valence electrons. The maximum Gasteiger partial charge on any atom is 0.267 e. The van der Waals surface area contributed by atoms with E-state index in [1.807, 2.05) is 0 Å². The van der Waals surface area contributed by atoms with Crippen molar-refractivity contribution in [1.29, 1.82) is 0 Å². The zero-order valence-electron chi connectivity index (χ0n) is 16.2. The van der Waals surface area contributed by atoms with Crippen LogP contribution in [0.4, 0.5) is 8.78 Å². The predicted molar refractivity (Wildman–Crippen MR) is 119 cm³/mol. The number of hydrogen-bond donors (Lipinski definition) is 1. The lowest BCUT2D eigenvalue weighted by Crippen LogP contribution is -2.30. The van der Waals surface area contributed by atoms with Gasteiger partial charge in [-0.15, -0.1) is 0 Å². The minimum absolute atomic E-state index is 0.0503. The van der Waals surface area contributed by atoms with Crippen LogP contribution in [0.25, 0.3) is 27.8 Å². The molecule has 0 aliphatic heterocycles. The normalized spacial score (nSPS) is 11.7. The van der Waals surface area contributed by atoms with Gasteiger partial charge in [-0.25, -0.2) is 26.9 Å². The molecule has 0 aliphatic carbocycles. The van der Waals surface area contributed by atoms with Crippen LogP contribution in [0.3, 0.4) is 0 Å². The van der Waals surface area contributed by atoms with Crippen LogP contribution in [0.1, 0.15) is 10.4 Å². The van der Waals surface area contributed by atoms with Crippen LogP contribution in [-0.4, -0.2) is 30.1 Å². The lowest BCUT2D eigenvalue weighted by atomic mass is 10.1. The van der Waals surface area contributed by atoms with Crippen molar-refractivity contribution in [3.05, 3.63) is 82.1 Å². The van der Waals surface area contributed by atoms with E-state index >= 15 is 0 Å². The van der Waals surface area contributed by atoms with E-state index < -0.39 is 33.1 Å². The Morgan fingerprint density at radius 3 is 2.56 bits per heavy atom. The number of sulfonamides is 1. The molecule has 4 aromatic rings. The summed E-state index contributed by atoms with van der Waals surface area (Å²) in [5.74, 6) is -2.72. The lowest BCUT2D eigenvalue weighted by Gasteiger charge is -2.11. The molecule has 0 atom stereocenters. The van der Waals surface area contributed by atoms with Gasteiger partial charge >= 0.3 is 0 Å². The summed E-state index contributed by atoms with van der Waals surface area (Å²) in [6.07, 6.45) is 3.38. The van der Waals surface area contributed by atoms with Gasteiger partial charge in [0, 0.05) is 28.2 Å². The summed E-state index contributed by atoms with van der Waals surface area (Å²) in [5.41, 5.74) is 1.11. The second-order valence-corrected chi connectivity index (χ2v) is 9.53. The van der Waals surface area contributed by atoms with Gasteiger partial charge in [0.2, 0.25) is 10.0 Å². The summed E-state index contributed by atoms with van der Waals surface area (Å²) < 4.78 is 54.5. The van der Waals surface area contributed by atoms with Crippen molar-refractivity contribution in [2.24, 2.45) is 0 Å². The molecule has 0 radical (unpaired) electrons. The van der Waals surface area contributed by atoms with Crippen LogP contribution in [-0.2, 0) is 10.0 Å². The molecule has 0 fully saturated rings. The SMILES string of the molecule is CS(=O)(=O)NC(=O)c1cc(Cl)c(-n2cc(-c3cccc(Cl)c3)c3cc(F)cnc32)cc1F. The highest BCUT2D eigenvalue weighted by Gasteiger charge is 2.21. The Labute approximate surface area is 191 Å². The maximum atomic E-state index is 14.8.